The number of pyridine rings is 1. The van der Waals surface area contributed by atoms with E-state index in [2.05, 4.69) is 20.5 Å². The second-order valence-electron chi connectivity index (χ2n) is 9.53. The fraction of sp³-hybridized carbons (Fsp3) is 0.258. The van der Waals surface area contributed by atoms with E-state index in [-0.39, 0.29) is 24.2 Å². The fourth-order valence-corrected chi connectivity index (χ4v) is 4.73. The third kappa shape index (κ3) is 6.62. The van der Waals surface area contributed by atoms with Crippen molar-refractivity contribution in [1.29, 1.82) is 0 Å². The third-order valence-corrected chi connectivity index (χ3v) is 6.85. The summed E-state index contributed by atoms with van der Waals surface area (Å²) in [6.07, 6.45) is 4.62. The quantitative estimate of drug-likeness (QED) is 0.324. The Morgan fingerprint density at radius 2 is 1.79 bits per heavy atom. The van der Waals surface area contributed by atoms with Crippen LogP contribution < -0.4 is 15.4 Å². The number of carbonyl (C=O) groups excluding carboxylic acids is 2. The molecular formula is C31H32N4O3. The zero-order chi connectivity index (χ0) is 26.2. The maximum absolute atomic E-state index is 13.6. The molecule has 1 aliphatic heterocycles. The van der Waals surface area contributed by atoms with Gasteiger partial charge in [0.25, 0.3) is 0 Å². The van der Waals surface area contributed by atoms with Crippen LogP contribution in [0.2, 0.25) is 0 Å². The predicted molar refractivity (Wildman–Crippen MR) is 150 cm³/mol. The zero-order valence-corrected chi connectivity index (χ0v) is 21.3. The summed E-state index contributed by atoms with van der Waals surface area (Å²) in [6, 6.07) is 24.4. The largest absolute Gasteiger partial charge is 0.485 e. The molecule has 0 spiro atoms. The number of hydrogen-bond acceptors (Lipinski definition) is 6. The second kappa shape index (κ2) is 12.4. The Balaban J connectivity index is 1.30. The van der Waals surface area contributed by atoms with Crippen molar-refractivity contribution in [3.8, 4) is 5.75 Å². The Kier molecular flexibility index (Phi) is 8.38. The van der Waals surface area contributed by atoms with Crippen LogP contribution in [-0.2, 0) is 4.79 Å². The number of amides is 1. The van der Waals surface area contributed by atoms with E-state index in [1.165, 1.54) is 0 Å². The van der Waals surface area contributed by atoms with Crippen LogP contribution in [0.1, 0.15) is 28.3 Å². The minimum Gasteiger partial charge on any atom is -0.485 e. The molecular weight excluding hydrogens is 476 g/mol. The van der Waals surface area contributed by atoms with Crippen LogP contribution in [0.15, 0.2) is 91.3 Å². The number of fused-ring (bicyclic) bond motifs is 1. The number of Topliss-reactive ketones (excluding diaryl/α,β-unsaturated/α-hetero) is 1. The molecule has 0 saturated carbocycles. The summed E-state index contributed by atoms with van der Waals surface area (Å²) < 4.78 is 5.75. The van der Waals surface area contributed by atoms with Crippen LogP contribution in [0, 0.1) is 0 Å². The van der Waals surface area contributed by atoms with Crippen molar-refractivity contribution in [3.63, 3.8) is 0 Å². The van der Waals surface area contributed by atoms with Gasteiger partial charge < -0.3 is 20.3 Å². The average molecular weight is 509 g/mol. The normalized spacial score (nSPS) is 14.9. The summed E-state index contributed by atoms with van der Waals surface area (Å²) in [5, 5.41) is 8.62. The summed E-state index contributed by atoms with van der Waals surface area (Å²) in [5.41, 5.74) is 2.29. The molecule has 0 bridgehead atoms. The van der Waals surface area contributed by atoms with Crippen molar-refractivity contribution < 1.29 is 14.3 Å². The van der Waals surface area contributed by atoms with Gasteiger partial charge in [0.2, 0.25) is 5.91 Å². The van der Waals surface area contributed by atoms with Gasteiger partial charge in [-0.05, 0) is 60.8 Å². The molecule has 1 amide bonds. The third-order valence-electron chi connectivity index (χ3n) is 6.85. The number of carbonyl (C=O) groups is 2. The van der Waals surface area contributed by atoms with E-state index in [9.17, 15) is 9.59 Å². The summed E-state index contributed by atoms with van der Waals surface area (Å²) in [7, 11) is 0. The number of hydrogen-bond donors (Lipinski definition) is 2. The molecule has 194 valence electrons. The topological polar surface area (TPSA) is 83.6 Å². The zero-order valence-electron chi connectivity index (χ0n) is 21.3. The van der Waals surface area contributed by atoms with E-state index in [4.69, 9.17) is 4.74 Å². The van der Waals surface area contributed by atoms with E-state index in [1.54, 1.807) is 18.3 Å². The van der Waals surface area contributed by atoms with Gasteiger partial charge >= 0.3 is 0 Å². The second-order valence-corrected chi connectivity index (χ2v) is 9.53. The number of ether oxygens (including phenoxy) is 1. The molecule has 1 aromatic heterocycles. The van der Waals surface area contributed by atoms with Crippen molar-refractivity contribution in [2.45, 2.75) is 12.3 Å². The molecule has 0 aliphatic carbocycles. The number of ketones is 1. The highest BCUT2D eigenvalue weighted by atomic mass is 16.5. The number of rotatable bonds is 9. The van der Waals surface area contributed by atoms with Crippen LogP contribution in [0.3, 0.4) is 0 Å². The molecule has 1 atom stereocenters. The molecule has 38 heavy (non-hydrogen) atoms. The average Bonchev–Trinajstić information content (AvgIpc) is 3.24. The van der Waals surface area contributed by atoms with Gasteiger partial charge in [0.05, 0.1) is 5.92 Å². The Morgan fingerprint density at radius 1 is 0.947 bits per heavy atom. The first kappa shape index (κ1) is 25.6. The molecule has 2 N–H and O–H groups in total. The number of anilines is 1. The van der Waals surface area contributed by atoms with E-state index in [0.717, 1.165) is 54.6 Å². The molecule has 1 saturated heterocycles. The van der Waals surface area contributed by atoms with E-state index < -0.39 is 0 Å². The minimum atomic E-state index is -0.360. The molecule has 3 aromatic carbocycles. The fourth-order valence-electron chi connectivity index (χ4n) is 4.73. The molecule has 1 aliphatic rings. The molecule has 7 nitrogen and oxygen atoms in total. The standard InChI is InChI=1S/C31H32N4O3/c36-30(24-5-2-1-3-6-24)22-38-28-11-8-23(9-12-28)29(21-35-17-4-14-32-16-18-35)31(37)34-27-10-7-26-20-33-15-13-25(26)19-27/h1-3,5-13,15,19-20,29,32H,4,14,16-18,21-22H2,(H,34,37). The van der Waals surface area contributed by atoms with E-state index >= 15 is 0 Å². The van der Waals surface area contributed by atoms with Gasteiger partial charge in [-0.1, -0.05) is 48.5 Å². The van der Waals surface area contributed by atoms with Crippen LogP contribution in [-0.4, -0.2) is 60.9 Å². The maximum atomic E-state index is 13.6. The Hall–Kier alpha value is -4.07. The predicted octanol–water partition coefficient (Wildman–Crippen LogP) is 4.51. The summed E-state index contributed by atoms with van der Waals surface area (Å²) >= 11 is 0. The van der Waals surface area contributed by atoms with Crippen LogP contribution in [0.5, 0.6) is 5.75 Å². The monoisotopic (exact) mass is 508 g/mol. The Morgan fingerprint density at radius 3 is 2.63 bits per heavy atom. The lowest BCUT2D eigenvalue weighted by molar-refractivity contribution is -0.118. The molecule has 5 rings (SSSR count). The van der Waals surface area contributed by atoms with Crippen molar-refractivity contribution >= 4 is 28.2 Å². The molecule has 1 fully saturated rings. The lowest BCUT2D eigenvalue weighted by Gasteiger charge is -2.26. The molecule has 7 heteroatoms. The first-order valence-electron chi connectivity index (χ1n) is 13.0. The van der Waals surface area contributed by atoms with Crippen LogP contribution in [0.4, 0.5) is 5.69 Å². The molecule has 4 aromatic rings. The van der Waals surface area contributed by atoms with Crippen LogP contribution in [0.25, 0.3) is 10.8 Å². The number of nitrogens with one attached hydrogen (secondary N) is 2. The highest BCUT2D eigenvalue weighted by molar-refractivity contribution is 5.98. The number of aromatic nitrogens is 1. The number of benzene rings is 3. The lowest BCUT2D eigenvalue weighted by Crippen LogP contribution is -2.36. The van der Waals surface area contributed by atoms with Gasteiger partial charge in [0.1, 0.15) is 5.75 Å². The molecule has 2 heterocycles. The highest BCUT2D eigenvalue weighted by Gasteiger charge is 2.25. The maximum Gasteiger partial charge on any atom is 0.233 e. The number of nitrogens with zero attached hydrogens (tertiary/aromatic N) is 2. The first-order valence-corrected chi connectivity index (χ1v) is 13.0. The highest BCUT2D eigenvalue weighted by Crippen LogP contribution is 2.25. The molecule has 1 unspecified atom stereocenters. The van der Waals surface area contributed by atoms with Crippen molar-refractivity contribution in [2.75, 3.05) is 44.6 Å². The van der Waals surface area contributed by atoms with E-state index in [0.29, 0.717) is 17.9 Å². The van der Waals surface area contributed by atoms with Gasteiger partial charge in [-0.3, -0.25) is 14.6 Å². The Labute approximate surface area is 222 Å². The SMILES string of the molecule is O=C(COc1ccc(C(CN2CCCNCC2)C(=O)Nc2ccc3cnccc3c2)cc1)c1ccccc1. The summed E-state index contributed by atoms with van der Waals surface area (Å²) in [6.45, 7) is 4.34. The van der Waals surface area contributed by atoms with Crippen molar-refractivity contribution in [3.05, 3.63) is 102 Å². The van der Waals surface area contributed by atoms with Gasteiger partial charge in [0.15, 0.2) is 12.4 Å². The van der Waals surface area contributed by atoms with E-state index in [1.807, 2.05) is 72.9 Å². The summed E-state index contributed by atoms with van der Waals surface area (Å²) in [4.78, 5) is 32.5. The lowest BCUT2D eigenvalue weighted by atomic mass is 9.96. The minimum absolute atomic E-state index is 0.0362. The van der Waals surface area contributed by atoms with Gasteiger partial charge in [-0.2, -0.15) is 0 Å². The van der Waals surface area contributed by atoms with Gasteiger partial charge in [-0.25, -0.2) is 0 Å². The van der Waals surface area contributed by atoms with Crippen molar-refractivity contribution in [2.24, 2.45) is 0 Å². The van der Waals surface area contributed by atoms with Gasteiger partial charge in [-0.15, -0.1) is 0 Å². The first-order chi connectivity index (χ1) is 18.7. The Bertz CT molecular complexity index is 1370. The van der Waals surface area contributed by atoms with Crippen LogP contribution >= 0.6 is 0 Å². The van der Waals surface area contributed by atoms with Gasteiger partial charge in [0, 0.05) is 48.7 Å². The summed E-state index contributed by atoms with van der Waals surface area (Å²) in [5.74, 6) is 0.108. The molecule has 0 radical (unpaired) electrons. The van der Waals surface area contributed by atoms with Crippen molar-refractivity contribution in [1.82, 2.24) is 15.2 Å². The smallest absolute Gasteiger partial charge is 0.233 e.